The molecule has 170 valence electrons. The number of benzene rings is 1. The number of nitrogens with zero attached hydrogens (tertiary/aromatic N) is 1. The molecule has 1 aromatic rings. The third-order valence-corrected chi connectivity index (χ3v) is 6.52. The zero-order valence-electron chi connectivity index (χ0n) is 20.4. The second kappa shape index (κ2) is 12.5. The monoisotopic (exact) mass is 422 g/mol. The Balaban J connectivity index is 2.17. The maximum Gasteiger partial charge on any atom is 0.118 e. The molecule has 0 saturated heterocycles. The molecule has 1 N–H and O–H groups in total. The highest BCUT2D eigenvalue weighted by Gasteiger charge is 2.16. The number of hydrogen-bond donors (Lipinski definition) is 1. The van der Waals surface area contributed by atoms with E-state index in [1.54, 1.807) is 7.11 Å². The molecule has 0 bridgehead atoms. The van der Waals surface area contributed by atoms with Gasteiger partial charge in [-0.25, -0.2) is 0 Å². The lowest BCUT2D eigenvalue weighted by Crippen LogP contribution is -2.26. The first-order valence-corrected chi connectivity index (χ1v) is 11.8. The Hall–Kier alpha value is -2.29. The maximum atomic E-state index is 5.29. The Bertz CT molecular complexity index is 795. The molecule has 1 aromatic carbocycles. The number of nitrogens with one attached hydrogen (secondary N) is 1. The molecule has 1 fully saturated rings. The summed E-state index contributed by atoms with van der Waals surface area (Å²) in [5.74, 6) is 2.32. The third-order valence-electron chi connectivity index (χ3n) is 6.52. The Labute approximate surface area is 190 Å². The van der Waals surface area contributed by atoms with Crippen LogP contribution in [0.5, 0.6) is 5.75 Å². The summed E-state index contributed by atoms with van der Waals surface area (Å²) < 4.78 is 5.29. The van der Waals surface area contributed by atoms with Gasteiger partial charge >= 0.3 is 0 Å². The van der Waals surface area contributed by atoms with E-state index in [0.29, 0.717) is 12.0 Å². The average molecular weight is 423 g/mol. The predicted octanol–water partition coefficient (Wildman–Crippen LogP) is 7.40. The van der Waals surface area contributed by atoms with Crippen molar-refractivity contribution in [2.75, 3.05) is 7.11 Å². The predicted molar refractivity (Wildman–Crippen MR) is 135 cm³/mol. The van der Waals surface area contributed by atoms with Gasteiger partial charge < -0.3 is 10.1 Å². The van der Waals surface area contributed by atoms with E-state index in [-0.39, 0.29) is 0 Å². The van der Waals surface area contributed by atoms with Crippen LogP contribution in [0.2, 0.25) is 0 Å². The molecular weight excluding hydrogens is 380 g/mol. The molecule has 0 aromatic heterocycles. The van der Waals surface area contributed by atoms with E-state index < -0.39 is 0 Å². The molecular formula is C28H42N2O. The highest BCUT2D eigenvalue weighted by molar-refractivity contribution is 5.84. The molecule has 3 nitrogen and oxygen atoms in total. The number of hydrogen-bond acceptors (Lipinski definition) is 2. The minimum Gasteiger partial charge on any atom is -0.497 e. The molecule has 0 amide bonds. The Morgan fingerprint density at radius 3 is 2.29 bits per heavy atom. The minimum atomic E-state index is 0.329. The van der Waals surface area contributed by atoms with Crippen LogP contribution in [0.15, 0.2) is 64.8 Å². The van der Waals surface area contributed by atoms with Gasteiger partial charge in [0.05, 0.1) is 13.2 Å². The van der Waals surface area contributed by atoms with Crippen molar-refractivity contribution in [3.8, 4) is 5.75 Å². The molecule has 3 heteroatoms. The summed E-state index contributed by atoms with van der Waals surface area (Å²) in [6, 6.07) is 8.80. The Morgan fingerprint density at radius 1 is 1.10 bits per heavy atom. The summed E-state index contributed by atoms with van der Waals surface area (Å²) in [4.78, 5) is 5.17. The van der Waals surface area contributed by atoms with Crippen molar-refractivity contribution in [2.45, 2.75) is 85.1 Å². The number of aliphatic imine (C=N–C) groups is 1. The standard InChI is InChI=1S/C28H42N2O/c1-8-27(20(2)3)22(5)21(4)23(6)29-28(30-25-12-10-9-11-13-25)19-16-24-14-17-26(31-7)18-15-24/h14-15,17-18,25,27H,2,5,8-13,16,19H2,1,3-4,6-7H3,(H,29,30)/b23-21+. The molecule has 0 aliphatic heterocycles. The average Bonchev–Trinajstić information content (AvgIpc) is 2.78. The van der Waals surface area contributed by atoms with E-state index in [0.717, 1.165) is 42.1 Å². The molecule has 0 heterocycles. The molecule has 0 spiro atoms. The molecule has 31 heavy (non-hydrogen) atoms. The van der Waals surface area contributed by atoms with Gasteiger partial charge in [0.15, 0.2) is 0 Å². The number of rotatable bonds is 10. The Kier molecular flexibility index (Phi) is 10.1. The summed E-state index contributed by atoms with van der Waals surface area (Å²) in [6.07, 6.45) is 9.22. The number of ether oxygens (including phenoxy) is 1. The lowest BCUT2D eigenvalue weighted by atomic mass is 9.86. The first-order chi connectivity index (χ1) is 14.8. The van der Waals surface area contributed by atoms with Crippen molar-refractivity contribution in [2.24, 2.45) is 10.9 Å². The number of aryl methyl sites for hydroxylation is 1. The summed E-state index contributed by atoms with van der Waals surface area (Å²) in [5.41, 5.74) is 6.00. The normalized spacial score (nSPS) is 17.0. The SMILES string of the molecule is C=C(C)C(CC)C(=C)/C(C)=C(\C)NC(CCc1ccc(OC)cc1)=NC1CCCCC1. The highest BCUT2D eigenvalue weighted by atomic mass is 16.5. The summed E-state index contributed by atoms with van der Waals surface area (Å²) in [5, 5.41) is 3.67. The van der Waals surface area contributed by atoms with E-state index >= 15 is 0 Å². The summed E-state index contributed by atoms with van der Waals surface area (Å²) >= 11 is 0. The molecule has 2 rings (SSSR count). The molecule has 1 atom stereocenters. The van der Waals surface area contributed by atoms with Gasteiger partial charge in [0.2, 0.25) is 0 Å². The fraction of sp³-hybridized carbons (Fsp3) is 0.536. The highest BCUT2D eigenvalue weighted by Crippen LogP contribution is 2.28. The molecule has 1 saturated carbocycles. The van der Waals surface area contributed by atoms with E-state index in [1.165, 1.54) is 48.8 Å². The Morgan fingerprint density at radius 2 is 1.74 bits per heavy atom. The van der Waals surface area contributed by atoms with Crippen LogP contribution in [-0.4, -0.2) is 19.0 Å². The fourth-order valence-corrected chi connectivity index (χ4v) is 4.35. The van der Waals surface area contributed by atoms with Crippen molar-refractivity contribution in [3.05, 3.63) is 65.4 Å². The lowest BCUT2D eigenvalue weighted by Gasteiger charge is -2.23. The van der Waals surface area contributed by atoms with Crippen molar-refractivity contribution < 1.29 is 4.74 Å². The van der Waals surface area contributed by atoms with Gasteiger partial charge in [0.1, 0.15) is 11.6 Å². The van der Waals surface area contributed by atoms with E-state index in [2.05, 4.69) is 58.3 Å². The van der Waals surface area contributed by atoms with Gasteiger partial charge in [-0.05, 0) is 75.3 Å². The third kappa shape index (κ3) is 7.72. The molecule has 0 radical (unpaired) electrons. The second-order valence-corrected chi connectivity index (χ2v) is 8.92. The zero-order chi connectivity index (χ0) is 22.8. The zero-order valence-corrected chi connectivity index (χ0v) is 20.4. The molecule has 1 aliphatic carbocycles. The minimum absolute atomic E-state index is 0.329. The van der Waals surface area contributed by atoms with Crippen LogP contribution in [-0.2, 0) is 6.42 Å². The number of allylic oxidation sites excluding steroid dienone is 4. The van der Waals surface area contributed by atoms with Crippen LogP contribution >= 0.6 is 0 Å². The van der Waals surface area contributed by atoms with Crippen LogP contribution < -0.4 is 10.1 Å². The van der Waals surface area contributed by atoms with Crippen LogP contribution in [0.1, 0.15) is 78.2 Å². The van der Waals surface area contributed by atoms with Crippen LogP contribution in [0, 0.1) is 5.92 Å². The fourth-order valence-electron chi connectivity index (χ4n) is 4.35. The first-order valence-electron chi connectivity index (χ1n) is 11.8. The van der Waals surface area contributed by atoms with E-state index in [1.807, 2.05) is 12.1 Å². The van der Waals surface area contributed by atoms with Crippen molar-refractivity contribution in [1.29, 1.82) is 0 Å². The first kappa shape index (κ1) is 25.0. The van der Waals surface area contributed by atoms with E-state index in [9.17, 15) is 0 Å². The van der Waals surface area contributed by atoms with Gasteiger partial charge in [0.25, 0.3) is 0 Å². The van der Waals surface area contributed by atoms with Gasteiger partial charge in [-0.15, -0.1) is 0 Å². The number of methoxy groups -OCH3 is 1. The van der Waals surface area contributed by atoms with Gasteiger partial charge in [-0.1, -0.05) is 57.0 Å². The van der Waals surface area contributed by atoms with Crippen LogP contribution in [0.4, 0.5) is 0 Å². The van der Waals surface area contributed by atoms with Gasteiger partial charge in [-0.3, -0.25) is 4.99 Å². The molecule has 1 aliphatic rings. The van der Waals surface area contributed by atoms with Crippen LogP contribution in [0.3, 0.4) is 0 Å². The smallest absolute Gasteiger partial charge is 0.118 e. The largest absolute Gasteiger partial charge is 0.497 e. The van der Waals surface area contributed by atoms with E-state index in [4.69, 9.17) is 9.73 Å². The van der Waals surface area contributed by atoms with Crippen LogP contribution in [0.25, 0.3) is 0 Å². The van der Waals surface area contributed by atoms with Gasteiger partial charge in [-0.2, -0.15) is 0 Å². The summed E-state index contributed by atoms with van der Waals surface area (Å²) in [7, 11) is 1.70. The maximum absolute atomic E-state index is 5.29. The topological polar surface area (TPSA) is 33.6 Å². The van der Waals surface area contributed by atoms with Crippen molar-refractivity contribution >= 4 is 5.84 Å². The van der Waals surface area contributed by atoms with Crippen molar-refractivity contribution in [1.82, 2.24) is 5.32 Å². The number of amidine groups is 1. The lowest BCUT2D eigenvalue weighted by molar-refractivity contribution is 0.414. The second-order valence-electron chi connectivity index (χ2n) is 8.92. The van der Waals surface area contributed by atoms with Gasteiger partial charge in [0, 0.05) is 18.0 Å². The van der Waals surface area contributed by atoms with Crippen molar-refractivity contribution in [3.63, 3.8) is 0 Å². The molecule has 1 unspecified atom stereocenters. The summed E-state index contributed by atoms with van der Waals surface area (Å²) in [6.45, 7) is 17.2. The quantitative estimate of drug-likeness (QED) is 0.184.